The molecule has 1 aliphatic heterocycles. The van der Waals surface area contributed by atoms with E-state index >= 15 is 0 Å². The minimum absolute atomic E-state index is 0.0613. The maximum absolute atomic E-state index is 13.7. The number of aliphatic hydroxyl groups is 1. The van der Waals surface area contributed by atoms with Crippen molar-refractivity contribution in [1.29, 1.82) is 0 Å². The second kappa shape index (κ2) is 9.75. The molecule has 4 nitrogen and oxygen atoms in total. The van der Waals surface area contributed by atoms with Crippen LogP contribution in [0.15, 0.2) is 91.0 Å². The van der Waals surface area contributed by atoms with Gasteiger partial charge in [0, 0.05) is 17.0 Å². The highest BCUT2D eigenvalue weighted by Crippen LogP contribution is 2.43. The number of carboxylic acid groups (broad SMARTS) is 1. The molecule has 4 aromatic rings. The van der Waals surface area contributed by atoms with Gasteiger partial charge in [-0.15, -0.1) is 0 Å². The molecule has 1 aliphatic rings. The molecule has 0 unspecified atom stereocenters. The van der Waals surface area contributed by atoms with Crippen LogP contribution in [0.25, 0.3) is 22.3 Å². The number of carboxylic acids is 1. The second-order valence-corrected chi connectivity index (χ2v) is 9.07. The number of alkyl halides is 3. The van der Waals surface area contributed by atoms with E-state index < -0.39 is 34.9 Å². The summed E-state index contributed by atoms with van der Waals surface area (Å²) < 4.78 is 47.0. The predicted octanol–water partition coefficient (Wildman–Crippen LogP) is 7.02. The number of halogens is 3. The predicted molar refractivity (Wildman–Crippen MR) is 133 cm³/mol. The lowest BCUT2D eigenvalue weighted by Gasteiger charge is -2.31. The normalized spacial score (nSPS) is 17.1. The Kier molecular flexibility index (Phi) is 6.48. The van der Waals surface area contributed by atoms with Crippen LogP contribution in [-0.2, 0) is 12.6 Å². The number of aromatic carboxylic acids is 1. The van der Waals surface area contributed by atoms with E-state index in [-0.39, 0.29) is 23.8 Å². The number of rotatable bonds is 5. The lowest BCUT2D eigenvalue weighted by Crippen LogP contribution is -2.27. The molecule has 0 saturated heterocycles. The number of carbonyl (C=O) groups is 1. The third-order valence-electron chi connectivity index (χ3n) is 6.68. The Morgan fingerprint density at radius 3 is 2.22 bits per heavy atom. The molecule has 0 saturated carbocycles. The Hall–Kier alpha value is -4.10. The maximum Gasteiger partial charge on any atom is 0.417 e. The van der Waals surface area contributed by atoms with E-state index in [1.165, 1.54) is 18.2 Å². The third-order valence-corrected chi connectivity index (χ3v) is 6.68. The molecule has 5 rings (SSSR count). The number of ether oxygens (including phenoxy) is 1. The molecular formula is C30H23F3O4. The molecule has 188 valence electrons. The van der Waals surface area contributed by atoms with Gasteiger partial charge < -0.3 is 14.9 Å². The van der Waals surface area contributed by atoms with Gasteiger partial charge in [-0.2, -0.15) is 13.2 Å². The summed E-state index contributed by atoms with van der Waals surface area (Å²) in [6, 6.07) is 25.4. The quantitative estimate of drug-likeness (QED) is 0.307. The van der Waals surface area contributed by atoms with Gasteiger partial charge in [-0.3, -0.25) is 0 Å². The summed E-state index contributed by atoms with van der Waals surface area (Å²) >= 11 is 0. The van der Waals surface area contributed by atoms with Gasteiger partial charge in [-0.25, -0.2) is 4.79 Å². The van der Waals surface area contributed by atoms with Crippen molar-refractivity contribution >= 4 is 5.97 Å². The van der Waals surface area contributed by atoms with Crippen LogP contribution in [0, 0.1) is 5.92 Å². The topological polar surface area (TPSA) is 66.8 Å². The van der Waals surface area contributed by atoms with Crippen molar-refractivity contribution in [3.05, 3.63) is 113 Å². The van der Waals surface area contributed by atoms with Crippen LogP contribution in [0.3, 0.4) is 0 Å². The van der Waals surface area contributed by atoms with Crippen LogP contribution < -0.4 is 4.74 Å². The largest absolute Gasteiger partial charge is 0.493 e. The zero-order chi connectivity index (χ0) is 26.2. The first-order chi connectivity index (χ1) is 17.7. The van der Waals surface area contributed by atoms with E-state index in [4.69, 9.17) is 4.74 Å². The van der Waals surface area contributed by atoms with Crippen molar-refractivity contribution in [1.82, 2.24) is 0 Å². The number of fused-ring (bicyclic) bond motifs is 1. The summed E-state index contributed by atoms with van der Waals surface area (Å²) in [6.45, 7) is 0.171. The van der Waals surface area contributed by atoms with Gasteiger partial charge in [0.05, 0.1) is 23.8 Å². The molecule has 2 N–H and O–H groups in total. The van der Waals surface area contributed by atoms with Crippen molar-refractivity contribution in [3.63, 3.8) is 0 Å². The van der Waals surface area contributed by atoms with E-state index in [0.29, 0.717) is 12.0 Å². The molecule has 7 heteroatoms. The fraction of sp³-hybridized carbons (Fsp3) is 0.167. The third kappa shape index (κ3) is 4.95. The van der Waals surface area contributed by atoms with Crippen LogP contribution in [0.4, 0.5) is 13.2 Å². The summed E-state index contributed by atoms with van der Waals surface area (Å²) in [7, 11) is 0. The lowest BCUT2D eigenvalue weighted by molar-refractivity contribution is -0.137. The average molecular weight is 505 g/mol. The molecule has 0 bridgehead atoms. The molecule has 0 fully saturated rings. The molecule has 2 atom stereocenters. The van der Waals surface area contributed by atoms with Crippen molar-refractivity contribution in [2.45, 2.75) is 18.7 Å². The molecule has 0 radical (unpaired) electrons. The number of aliphatic hydroxyl groups excluding tert-OH is 1. The van der Waals surface area contributed by atoms with Gasteiger partial charge in [0.15, 0.2) is 0 Å². The highest BCUT2D eigenvalue weighted by atomic mass is 19.4. The second-order valence-electron chi connectivity index (χ2n) is 9.07. The Morgan fingerprint density at radius 2 is 1.54 bits per heavy atom. The van der Waals surface area contributed by atoms with Gasteiger partial charge in [-0.1, -0.05) is 72.8 Å². The smallest absolute Gasteiger partial charge is 0.417 e. The van der Waals surface area contributed by atoms with Crippen LogP contribution in [0.5, 0.6) is 5.75 Å². The molecule has 4 aromatic carbocycles. The van der Waals surface area contributed by atoms with Gasteiger partial charge in [0.25, 0.3) is 0 Å². The molecule has 0 spiro atoms. The van der Waals surface area contributed by atoms with Crippen LogP contribution in [-0.4, -0.2) is 22.8 Å². The van der Waals surface area contributed by atoms with Gasteiger partial charge >= 0.3 is 12.1 Å². The van der Waals surface area contributed by atoms with E-state index in [0.717, 1.165) is 34.9 Å². The van der Waals surface area contributed by atoms with Gasteiger partial charge in [0.1, 0.15) is 5.75 Å². The minimum atomic E-state index is -4.74. The van der Waals surface area contributed by atoms with Gasteiger partial charge in [-0.05, 0) is 46.9 Å². The lowest BCUT2D eigenvalue weighted by atomic mass is 9.86. The Bertz CT molecular complexity index is 1430. The van der Waals surface area contributed by atoms with Crippen LogP contribution >= 0.6 is 0 Å². The zero-order valence-electron chi connectivity index (χ0n) is 19.6. The van der Waals surface area contributed by atoms with E-state index in [1.807, 2.05) is 54.6 Å². The first-order valence-electron chi connectivity index (χ1n) is 11.8. The average Bonchev–Trinajstić information content (AvgIpc) is 2.90. The SMILES string of the molecule is O=C(O)c1cccc(C(F)(F)F)c1-c1ccc2c(c1)OC[C@@H](Cc1ccc(-c3ccccc3)cc1)[C@@H]2O. The van der Waals surface area contributed by atoms with Crippen molar-refractivity contribution in [2.24, 2.45) is 5.92 Å². The number of hydrogen-bond donors (Lipinski definition) is 2. The number of benzene rings is 4. The van der Waals surface area contributed by atoms with Crippen molar-refractivity contribution < 1.29 is 32.9 Å². The first-order valence-corrected chi connectivity index (χ1v) is 11.8. The van der Waals surface area contributed by atoms with E-state index in [9.17, 15) is 28.2 Å². The summed E-state index contributed by atoms with van der Waals surface area (Å²) in [5.41, 5.74) is 1.82. The monoisotopic (exact) mass is 504 g/mol. The molecule has 0 aromatic heterocycles. The molecule has 0 aliphatic carbocycles. The fourth-order valence-corrected chi connectivity index (χ4v) is 4.82. The summed E-state index contributed by atoms with van der Waals surface area (Å²) in [4.78, 5) is 11.7. The Labute approximate surface area is 211 Å². The maximum atomic E-state index is 13.7. The first kappa shape index (κ1) is 24.6. The highest BCUT2D eigenvalue weighted by Gasteiger charge is 2.36. The van der Waals surface area contributed by atoms with E-state index in [2.05, 4.69) is 0 Å². The fourth-order valence-electron chi connectivity index (χ4n) is 4.82. The molecular weight excluding hydrogens is 481 g/mol. The zero-order valence-corrected chi connectivity index (χ0v) is 19.6. The Balaban J connectivity index is 1.40. The standard InChI is InChI=1S/C30H23F3O4/c31-30(32,33)25-8-4-7-24(29(35)36)27(25)21-13-14-23-26(16-21)37-17-22(28(23)34)15-18-9-11-20(12-10-18)19-5-2-1-3-6-19/h1-14,16,22,28,34H,15,17H2,(H,35,36)/t22-,28+/m1/s1. The Morgan fingerprint density at radius 1 is 0.865 bits per heavy atom. The van der Waals surface area contributed by atoms with Crippen LogP contribution in [0.1, 0.15) is 33.2 Å². The molecule has 1 heterocycles. The summed E-state index contributed by atoms with van der Waals surface area (Å²) in [6.07, 6.45) is -5.07. The van der Waals surface area contributed by atoms with E-state index in [1.54, 1.807) is 0 Å². The van der Waals surface area contributed by atoms with Gasteiger partial charge in [0.2, 0.25) is 0 Å². The van der Waals surface area contributed by atoms with Crippen molar-refractivity contribution in [3.8, 4) is 28.0 Å². The highest BCUT2D eigenvalue weighted by molar-refractivity contribution is 5.97. The summed E-state index contributed by atoms with van der Waals surface area (Å²) in [5.74, 6) is -1.47. The number of hydrogen-bond acceptors (Lipinski definition) is 3. The molecule has 0 amide bonds. The minimum Gasteiger partial charge on any atom is -0.493 e. The summed E-state index contributed by atoms with van der Waals surface area (Å²) in [5, 5.41) is 20.6. The van der Waals surface area contributed by atoms with Crippen molar-refractivity contribution in [2.75, 3.05) is 6.61 Å². The van der Waals surface area contributed by atoms with Crippen LogP contribution in [0.2, 0.25) is 0 Å². The molecule has 37 heavy (non-hydrogen) atoms.